The van der Waals surface area contributed by atoms with Crippen LogP contribution in [0.25, 0.3) is 5.53 Å². The Morgan fingerprint density at radius 1 is 1.57 bits per heavy atom. The maximum absolute atomic E-state index is 5.16. The normalized spacial score (nSPS) is 19.1. The smallest absolute Gasteiger partial charge is 0.0120 e. The second-order valence-corrected chi connectivity index (χ2v) is 1.34. The van der Waals surface area contributed by atoms with Gasteiger partial charge in [0.2, 0.25) is 0 Å². The summed E-state index contributed by atoms with van der Waals surface area (Å²) in [6.45, 7) is 0. The first-order chi connectivity index (χ1) is 3.29. The van der Waals surface area contributed by atoms with Crippen LogP contribution in [0.5, 0.6) is 0 Å². The largest absolute Gasteiger partial charge is 0.461 e. The van der Waals surface area contributed by atoms with Crippen molar-refractivity contribution >= 4 is 0 Å². The summed E-state index contributed by atoms with van der Waals surface area (Å²) in [5, 5.41) is 2.88. The van der Waals surface area contributed by atoms with Crippen molar-refractivity contribution < 1.29 is 0 Å². The van der Waals surface area contributed by atoms with E-state index in [-0.39, 0.29) is 0 Å². The summed E-state index contributed by atoms with van der Waals surface area (Å²) < 4.78 is 0. The maximum Gasteiger partial charge on any atom is 0.0120 e. The van der Waals surface area contributed by atoms with Crippen LogP contribution in [-0.2, 0) is 0 Å². The molecular weight excluding hydrogens is 92.1 g/mol. The minimum Gasteiger partial charge on any atom is -0.461 e. The highest BCUT2D eigenvalue weighted by Gasteiger charge is 1.84. The van der Waals surface area contributed by atoms with Gasteiger partial charge in [0.25, 0.3) is 0 Å². The zero-order valence-electron chi connectivity index (χ0n) is 4.07. The van der Waals surface area contributed by atoms with Crippen LogP contribution in [0.4, 0.5) is 0 Å². The molecule has 40 valence electrons. The number of hydrogen-bond donors (Lipinski definition) is 1. The topological polar surface area (TPSA) is 46.6 Å². The number of hydrazine groups is 1. The van der Waals surface area contributed by atoms with Crippen LogP contribution >= 0.6 is 0 Å². The van der Waals surface area contributed by atoms with E-state index < -0.39 is 0 Å². The predicted molar refractivity (Wildman–Crippen MR) is 26.3 cm³/mol. The van der Waals surface area contributed by atoms with E-state index in [0.29, 0.717) is 0 Å². The second-order valence-electron chi connectivity index (χ2n) is 1.34. The molecule has 1 aliphatic rings. The Bertz CT molecular complexity index is 78.9. The third-order valence-electron chi connectivity index (χ3n) is 0.679. The molecule has 0 saturated heterocycles. The number of nitrogens with zero attached hydrogens (tertiary/aromatic N) is 3. The molecule has 0 aromatic carbocycles. The number of rotatable bonds is 0. The Morgan fingerprint density at radius 3 is 2.43 bits per heavy atom. The molecule has 0 atom stereocenters. The summed E-state index contributed by atoms with van der Waals surface area (Å²) in [4.78, 5) is 0. The lowest BCUT2D eigenvalue weighted by Crippen LogP contribution is -2.19. The molecular formula is C3H7N4-. The Kier molecular flexibility index (Phi) is 0.883. The van der Waals surface area contributed by atoms with Gasteiger partial charge in [0.1, 0.15) is 0 Å². The highest BCUT2D eigenvalue weighted by molar-refractivity contribution is 4.94. The molecule has 0 aromatic rings. The average molecular weight is 99.1 g/mol. The molecule has 1 heterocycles. The van der Waals surface area contributed by atoms with Crippen LogP contribution in [0.2, 0.25) is 0 Å². The Labute approximate surface area is 42.1 Å². The fraction of sp³-hybridized carbons (Fsp3) is 0.333. The van der Waals surface area contributed by atoms with E-state index in [1.807, 2.05) is 7.05 Å². The van der Waals surface area contributed by atoms with Gasteiger partial charge in [-0.1, -0.05) is 0 Å². The van der Waals surface area contributed by atoms with Crippen LogP contribution in [0.1, 0.15) is 0 Å². The zero-order valence-corrected chi connectivity index (χ0v) is 4.07. The average Bonchev–Trinajstić information content (AvgIpc) is 1.87. The molecule has 4 nitrogen and oxygen atoms in total. The summed E-state index contributed by atoms with van der Waals surface area (Å²) in [5.41, 5.74) is 3.72. The van der Waals surface area contributed by atoms with Crippen LogP contribution in [-0.4, -0.2) is 17.2 Å². The first-order valence-electron chi connectivity index (χ1n) is 1.96. The van der Waals surface area contributed by atoms with E-state index in [0.717, 1.165) is 0 Å². The minimum absolute atomic E-state index is 1.25. The molecule has 0 spiro atoms. The molecule has 0 amide bonds. The predicted octanol–water partition coefficient (Wildman–Crippen LogP) is -0.218. The van der Waals surface area contributed by atoms with Crippen LogP contribution < -0.4 is 5.84 Å². The molecule has 1 aliphatic heterocycles. The summed E-state index contributed by atoms with van der Waals surface area (Å²) in [5.74, 6) is 5.16. The lowest BCUT2D eigenvalue weighted by atomic mass is 10.9. The van der Waals surface area contributed by atoms with Crippen LogP contribution in [0, 0.1) is 0 Å². The Morgan fingerprint density at radius 2 is 2.29 bits per heavy atom. The molecule has 1 rings (SSSR count). The van der Waals surface area contributed by atoms with Gasteiger partial charge in [0.05, 0.1) is 0 Å². The van der Waals surface area contributed by atoms with Gasteiger partial charge in [-0.25, -0.2) is 0 Å². The van der Waals surface area contributed by atoms with Gasteiger partial charge in [0.15, 0.2) is 0 Å². The Balaban J connectivity index is 2.42. The maximum atomic E-state index is 5.16. The number of nitrogens with two attached hydrogens (primary N) is 1. The molecule has 0 aromatic heterocycles. The van der Waals surface area contributed by atoms with Crippen LogP contribution in [0.15, 0.2) is 12.4 Å². The van der Waals surface area contributed by atoms with E-state index >= 15 is 0 Å². The first kappa shape index (κ1) is 4.42. The van der Waals surface area contributed by atoms with Gasteiger partial charge in [-0.2, -0.15) is 0 Å². The number of hydrogen-bond acceptors (Lipinski definition) is 3. The van der Waals surface area contributed by atoms with E-state index in [2.05, 4.69) is 5.53 Å². The van der Waals surface area contributed by atoms with Crippen molar-refractivity contribution in [3.8, 4) is 0 Å². The monoisotopic (exact) mass is 99.1 g/mol. The van der Waals surface area contributed by atoms with Crippen molar-refractivity contribution in [3.63, 3.8) is 0 Å². The third-order valence-corrected chi connectivity index (χ3v) is 0.679. The molecule has 2 N–H and O–H groups in total. The summed E-state index contributed by atoms with van der Waals surface area (Å²) in [6.07, 6.45) is 3.43. The molecule has 0 aliphatic carbocycles. The third kappa shape index (κ3) is 0.819. The van der Waals surface area contributed by atoms with E-state index in [1.165, 1.54) is 5.12 Å². The van der Waals surface area contributed by atoms with Crippen molar-refractivity contribution in [2.45, 2.75) is 0 Å². The molecule has 0 bridgehead atoms. The second kappa shape index (κ2) is 1.40. The molecule has 4 heteroatoms. The summed E-state index contributed by atoms with van der Waals surface area (Å²) in [6, 6.07) is 0. The van der Waals surface area contributed by atoms with E-state index in [1.54, 1.807) is 17.4 Å². The molecule has 7 heavy (non-hydrogen) atoms. The van der Waals surface area contributed by atoms with Gasteiger partial charge in [-0.05, 0) is 13.2 Å². The lowest BCUT2D eigenvalue weighted by molar-refractivity contribution is 0.410. The summed E-state index contributed by atoms with van der Waals surface area (Å²) >= 11 is 0. The molecule has 0 radical (unpaired) electrons. The van der Waals surface area contributed by atoms with Gasteiger partial charge >= 0.3 is 0 Å². The zero-order chi connectivity index (χ0) is 5.28. The highest BCUT2D eigenvalue weighted by atomic mass is 15.8. The summed E-state index contributed by atoms with van der Waals surface area (Å²) in [7, 11) is 1.81. The fourth-order valence-electron chi connectivity index (χ4n) is 0.387. The molecule has 0 saturated carbocycles. The van der Waals surface area contributed by atoms with E-state index in [4.69, 9.17) is 5.84 Å². The van der Waals surface area contributed by atoms with Gasteiger partial charge in [0, 0.05) is 6.20 Å². The minimum atomic E-state index is 1.25. The molecule has 0 fully saturated rings. The highest BCUT2D eigenvalue weighted by Crippen LogP contribution is 2.05. The van der Waals surface area contributed by atoms with Gasteiger partial charge in [-0.15, -0.1) is 0 Å². The molecule has 0 unspecified atom stereocenters. The van der Waals surface area contributed by atoms with Crippen molar-refractivity contribution in [1.29, 1.82) is 0 Å². The van der Waals surface area contributed by atoms with E-state index in [9.17, 15) is 0 Å². The van der Waals surface area contributed by atoms with Crippen molar-refractivity contribution in [2.24, 2.45) is 5.84 Å². The van der Waals surface area contributed by atoms with Gasteiger partial charge in [-0.3, -0.25) is 5.84 Å². The van der Waals surface area contributed by atoms with Crippen molar-refractivity contribution in [2.75, 3.05) is 7.05 Å². The quantitative estimate of drug-likeness (QED) is 0.427. The SMILES string of the molecule is CN1C=CN(N)[N-]1. The fourth-order valence-corrected chi connectivity index (χ4v) is 0.387. The van der Waals surface area contributed by atoms with Crippen molar-refractivity contribution in [1.82, 2.24) is 10.1 Å². The lowest BCUT2D eigenvalue weighted by Gasteiger charge is -2.30. The van der Waals surface area contributed by atoms with Crippen molar-refractivity contribution in [3.05, 3.63) is 17.9 Å². The Hall–Kier alpha value is -0.740. The van der Waals surface area contributed by atoms with Crippen LogP contribution in [0.3, 0.4) is 0 Å². The first-order valence-corrected chi connectivity index (χ1v) is 1.96. The standard InChI is InChI=1S/C3H7N4/c1-6-2-3-7(4)5-6/h2-3H,4H2,1H3/q-1. The van der Waals surface area contributed by atoms with Gasteiger partial charge < -0.3 is 15.7 Å².